The third-order valence-corrected chi connectivity index (χ3v) is 1.27. The first-order chi connectivity index (χ1) is 5.18. The van der Waals surface area contributed by atoms with Crippen molar-refractivity contribution < 1.29 is 19.0 Å². The number of aliphatic carboxylic acids is 1. The minimum Gasteiger partial charge on any atom is -0.481 e. The highest BCUT2D eigenvalue weighted by atomic mass is 19.1. The molecule has 0 radical (unpaired) electrons. The molecule has 0 amide bonds. The lowest BCUT2D eigenvalue weighted by atomic mass is 10.1. The molecule has 0 bridgehead atoms. The lowest BCUT2D eigenvalue weighted by Gasteiger charge is -1.94. The molecule has 0 atom stereocenters. The normalized spacial score (nSPS) is 8.75. The van der Waals surface area contributed by atoms with Gasteiger partial charge < -0.3 is 5.11 Å². The molecule has 1 aromatic rings. The number of halogens is 2. The average molecular weight is 174 g/mol. The maximum absolute atomic E-state index is 12.3. The number of hydrogen-bond donors (Lipinski definition) is 1. The maximum atomic E-state index is 12.3. The van der Waals surface area contributed by atoms with Gasteiger partial charge in [0.1, 0.15) is 5.82 Å². The van der Waals surface area contributed by atoms with Crippen molar-refractivity contribution in [3.05, 3.63) is 35.6 Å². The maximum Gasteiger partial charge on any atom is 0.307 e. The van der Waals surface area contributed by atoms with Crippen LogP contribution in [0.2, 0.25) is 0 Å². The van der Waals surface area contributed by atoms with Gasteiger partial charge in [-0.1, -0.05) is 12.1 Å². The molecular formula is C8H8F2O2. The zero-order chi connectivity index (χ0) is 8.27. The molecule has 0 saturated heterocycles. The predicted octanol–water partition coefficient (Wildman–Crippen LogP) is 1.61. The smallest absolute Gasteiger partial charge is 0.307 e. The van der Waals surface area contributed by atoms with Crippen molar-refractivity contribution in [3.8, 4) is 0 Å². The fourth-order valence-electron chi connectivity index (χ4n) is 0.777. The van der Waals surface area contributed by atoms with Crippen LogP contribution >= 0.6 is 0 Å². The van der Waals surface area contributed by atoms with Crippen molar-refractivity contribution >= 4 is 5.97 Å². The second-order valence-electron chi connectivity index (χ2n) is 2.20. The van der Waals surface area contributed by atoms with Crippen LogP contribution in [0.1, 0.15) is 5.56 Å². The third kappa shape index (κ3) is 3.09. The topological polar surface area (TPSA) is 37.3 Å². The van der Waals surface area contributed by atoms with Crippen LogP contribution in [0.3, 0.4) is 0 Å². The molecule has 0 aromatic heterocycles. The largest absolute Gasteiger partial charge is 0.481 e. The number of hydrogen-bond acceptors (Lipinski definition) is 1. The minimum atomic E-state index is -0.906. The second-order valence-corrected chi connectivity index (χ2v) is 2.20. The zero-order valence-electron chi connectivity index (χ0n) is 6.16. The van der Waals surface area contributed by atoms with Gasteiger partial charge >= 0.3 is 5.97 Å². The monoisotopic (exact) mass is 174 g/mol. The van der Waals surface area contributed by atoms with Crippen LogP contribution in [0.25, 0.3) is 0 Å². The van der Waals surface area contributed by atoms with Crippen LogP contribution in [-0.4, -0.2) is 11.1 Å². The van der Waals surface area contributed by atoms with Crippen molar-refractivity contribution in [1.82, 2.24) is 0 Å². The number of rotatable bonds is 2. The van der Waals surface area contributed by atoms with Crippen molar-refractivity contribution in [2.45, 2.75) is 6.42 Å². The summed E-state index contributed by atoms with van der Waals surface area (Å²) in [5.41, 5.74) is 0.610. The van der Waals surface area contributed by atoms with Gasteiger partial charge in [-0.3, -0.25) is 9.50 Å². The first kappa shape index (κ1) is 10.6. The molecule has 0 fully saturated rings. The minimum absolute atomic E-state index is 0. The Morgan fingerprint density at radius 3 is 2.25 bits per heavy atom. The van der Waals surface area contributed by atoms with Gasteiger partial charge in [0.15, 0.2) is 0 Å². The Balaban J connectivity index is 0.00000121. The van der Waals surface area contributed by atoms with Crippen molar-refractivity contribution in [1.29, 1.82) is 0 Å². The predicted molar refractivity (Wildman–Crippen MR) is 40.2 cm³/mol. The number of carboxylic acids is 1. The van der Waals surface area contributed by atoms with Gasteiger partial charge in [0.2, 0.25) is 0 Å². The fourth-order valence-corrected chi connectivity index (χ4v) is 0.777. The molecule has 0 aliphatic heterocycles. The van der Waals surface area contributed by atoms with E-state index in [4.69, 9.17) is 5.11 Å². The average Bonchev–Trinajstić information content (AvgIpc) is 1.93. The van der Waals surface area contributed by atoms with Crippen LogP contribution < -0.4 is 0 Å². The van der Waals surface area contributed by atoms with Gasteiger partial charge in [-0.05, 0) is 17.7 Å². The Morgan fingerprint density at radius 1 is 1.33 bits per heavy atom. The first-order valence-electron chi connectivity index (χ1n) is 3.15. The second kappa shape index (κ2) is 4.43. The molecule has 0 saturated carbocycles. The molecule has 0 aliphatic rings. The first-order valence-corrected chi connectivity index (χ1v) is 3.15. The number of carboxylic acid groups (broad SMARTS) is 1. The quantitative estimate of drug-likeness (QED) is 0.739. The summed E-state index contributed by atoms with van der Waals surface area (Å²) in [7, 11) is 0. The van der Waals surface area contributed by atoms with Crippen molar-refractivity contribution in [2.75, 3.05) is 0 Å². The van der Waals surface area contributed by atoms with E-state index >= 15 is 0 Å². The molecule has 1 N–H and O–H groups in total. The molecular weight excluding hydrogens is 166 g/mol. The van der Waals surface area contributed by atoms with Crippen LogP contribution in [-0.2, 0) is 11.2 Å². The van der Waals surface area contributed by atoms with E-state index in [1.165, 1.54) is 24.3 Å². The standard InChI is InChI=1S/C8H7FO2.FH/c9-7-3-1-6(2-4-7)5-8(10)11;/h1-4H,5H2,(H,10,11);1H. The highest BCUT2D eigenvalue weighted by Crippen LogP contribution is 2.02. The van der Waals surface area contributed by atoms with Gasteiger partial charge in [-0.15, -0.1) is 0 Å². The summed E-state index contributed by atoms with van der Waals surface area (Å²) in [6, 6.07) is 5.42. The zero-order valence-corrected chi connectivity index (χ0v) is 6.16. The summed E-state index contributed by atoms with van der Waals surface area (Å²) >= 11 is 0. The Hall–Kier alpha value is -1.45. The fraction of sp³-hybridized carbons (Fsp3) is 0.125. The van der Waals surface area contributed by atoms with Crippen LogP contribution in [0.5, 0.6) is 0 Å². The summed E-state index contributed by atoms with van der Waals surface area (Å²) < 4.78 is 12.3. The number of carbonyl (C=O) groups is 1. The van der Waals surface area contributed by atoms with E-state index in [2.05, 4.69) is 0 Å². The van der Waals surface area contributed by atoms with Crippen LogP contribution in [0.4, 0.5) is 9.09 Å². The molecule has 0 spiro atoms. The number of benzene rings is 1. The molecule has 2 nitrogen and oxygen atoms in total. The summed E-state index contributed by atoms with van der Waals surface area (Å²) in [5.74, 6) is -1.25. The van der Waals surface area contributed by atoms with Gasteiger partial charge in [0.05, 0.1) is 6.42 Å². The SMILES string of the molecule is F.O=C(O)Cc1ccc(F)cc1. The van der Waals surface area contributed by atoms with Gasteiger partial charge in [0.25, 0.3) is 0 Å². The molecule has 12 heavy (non-hydrogen) atoms. The summed E-state index contributed by atoms with van der Waals surface area (Å²) in [6.45, 7) is 0. The van der Waals surface area contributed by atoms with E-state index in [1.807, 2.05) is 0 Å². The Labute approximate surface area is 68.0 Å². The van der Waals surface area contributed by atoms with E-state index in [0.29, 0.717) is 5.56 Å². The van der Waals surface area contributed by atoms with E-state index in [0.717, 1.165) is 0 Å². The van der Waals surface area contributed by atoms with Crippen molar-refractivity contribution in [2.24, 2.45) is 0 Å². The molecule has 0 unspecified atom stereocenters. The summed E-state index contributed by atoms with van der Waals surface area (Å²) in [6.07, 6.45) is -0.0553. The van der Waals surface area contributed by atoms with E-state index < -0.39 is 5.97 Å². The molecule has 0 heterocycles. The third-order valence-electron chi connectivity index (χ3n) is 1.27. The van der Waals surface area contributed by atoms with Gasteiger partial charge in [-0.2, -0.15) is 0 Å². The lowest BCUT2D eigenvalue weighted by Crippen LogP contribution is -1.99. The molecule has 4 heteroatoms. The highest BCUT2D eigenvalue weighted by Gasteiger charge is 1.98. The Bertz CT molecular complexity index is 256. The van der Waals surface area contributed by atoms with Gasteiger partial charge in [0, 0.05) is 0 Å². The van der Waals surface area contributed by atoms with Gasteiger partial charge in [-0.25, -0.2) is 4.39 Å². The lowest BCUT2D eigenvalue weighted by molar-refractivity contribution is -0.136. The molecule has 0 aliphatic carbocycles. The highest BCUT2D eigenvalue weighted by molar-refractivity contribution is 5.70. The Kier molecular flexibility index (Phi) is 3.90. The van der Waals surface area contributed by atoms with E-state index in [1.54, 1.807) is 0 Å². The van der Waals surface area contributed by atoms with Crippen LogP contribution in [0.15, 0.2) is 24.3 Å². The summed E-state index contributed by atoms with van der Waals surface area (Å²) in [5, 5.41) is 8.34. The molecule has 1 rings (SSSR count). The van der Waals surface area contributed by atoms with Crippen LogP contribution in [0, 0.1) is 5.82 Å². The van der Waals surface area contributed by atoms with Crippen molar-refractivity contribution in [3.63, 3.8) is 0 Å². The van der Waals surface area contributed by atoms with E-state index in [-0.39, 0.29) is 16.9 Å². The molecule has 1 aromatic carbocycles. The molecule has 66 valence electrons. The summed E-state index contributed by atoms with van der Waals surface area (Å²) in [4.78, 5) is 10.2. The Morgan fingerprint density at radius 2 is 1.83 bits per heavy atom. The van der Waals surface area contributed by atoms with E-state index in [9.17, 15) is 9.18 Å².